The van der Waals surface area contributed by atoms with Crippen LogP contribution >= 0.6 is 11.3 Å². The number of fused-ring (bicyclic) bond motifs is 1. The summed E-state index contributed by atoms with van der Waals surface area (Å²) in [6.45, 7) is 2.09. The predicted molar refractivity (Wildman–Crippen MR) is 75.8 cm³/mol. The molecule has 0 bridgehead atoms. The normalized spacial score (nSPS) is 13.1. The van der Waals surface area contributed by atoms with Crippen molar-refractivity contribution in [2.45, 2.75) is 13.0 Å². The molecule has 2 aromatic heterocycles. The number of hydrogen-bond donors (Lipinski definition) is 1. The van der Waals surface area contributed by atoms with Crippen molar-refractivity contribution in [2.75, 3.05) is 0 Å². The van der Waals surface area contributed by atoms with Gasteiger partial charge in [-0.05, 0) is 30.0 Å². The van der Waals surface area contributed by atoms with E-state index in [2.05, 4.69) is 35.6 Å². The Labute approximate surface area is 110 Å². The minimum Gasteiger partial charge on any atom is -0.318 e. The second kappa shape index (κ2) is 4.23. The van der Waals surface area contributed by atoms with E-state index in [4.69, 9.17) is 5.73 Å². The van der Waals surface area contributed by atoms with Gasteiger partial charge in [0.15, 0.2) is 0 Å². The molecule has 0 spiro atoms. The van der Waals surface area contributed by atoms with Gasteiger partial charge in [-0.2, -0.15) is 5.10 Å². The Morgan fingerprint density at radius 2 is 2.06 bits per heavy atom. The van der Waals surface area contributed by atoms with Crippen LogP contribution in [0.25, 0.3) is 10.9 Å². The molecule has 3 aromatic rings. The number of hydrogen-bond acceptors (Lipinski definition) is 3. The van der Waals surface area contributed by atoms with E-state index < -0.39 is 0 Å². The van der Waals surface area contributed by atoms with Gasteiger partial charge in [0, 0.05) is 17.3 Å². The molecule has 1 atom stereocenters. The quantitative estimate of drug-likeness (QED) is 0.767. The Balaban J connectivity index is 2.18. The maximum absolute atomic E-state index is 6.38. The molecule has 0 saturated heterocycles. The Morgan fingerprint density at radius 3 is 2.78 bits per heavy atom. The third-order valence-electron chi connectivity index (χ3n) is 3.27. The van der Waals surface area contributed by atoms with Crippen molar-refractivity contribution in [3.8, 4) is 0 Å². The minimum absolute atomic E-state index is 0.143. The number of aryl methyl sites for hydroxylation is 2. The van der Waals surface area contributed by atoms with Gasteiger partial charge in [-0.15, -0.1) is 11.3 Å². The van der Waals surface area contributed by atoms with Crippen molar-refractivity contribution < 1.29 is 0 Å². The monoisotopic (exact) mass is 257 g/mol. The van der Waals surface area contributed by atoms with Crippen LogP contribution in [0, 0.1) is 6.92 Å². The average molecular weight is 257 g/mol. The van der Waals surface area contributed by atoms with Crippen molar-refractivity contribution in [3.05, 3.63) is 51.8 Å². The second-order valence-corrected chi connectivity index (χ2v) is 5.42. The zero-order valence-electron chi connectivity index (χ0n) is 10.4. The Kier molecular flexibility index (Phi) is 2.69. The fourth-order valence-electron chi connectivity index (χ4n) is 2.30. The van der Waals surface area contributed by atoms with Crippen LogP contribution in [0.2, 0.25) is 0 Å². The number of aromatic nitrogens is 2. The molecule has 0 radical (unpaired) electrons. The summed E-state index contributed by atoms with van der Waals surface area (Å²) in [6.07, 6.45) is 0. The largest absolute Gasteiger partial charge is 0.318 e. The lowest BCUT2D eigenvalue weighted by molar-refractivity contribution is 0.736. The number of para-hydroxylation sites is 1. The lowest BCUT2D eigenvalue weighted by Gasteiger charge is -2.08. The predicted octanol–water partition coefficient (Wildman–Crippen LogP) is 2.99. The summed E-state index contributed by atoms with van der Waals surface area (Å²) in [6, 6.07) is 10.2. The van der Waals surface area contributed by atoms with Gasteiger partial charge in [0.05, 0.1) is 17.3 Å². The van der Waals surface area contributed by atoms with E-state index in [-0.39, 0.29) is 6.04 Å². The molecular weight excluding hydrogens is 242 g/mol. The lowest BCUT2D eigenvalue weighted by Crippen LogP contribution is -2.12. The Hall–Kier alpha value is -1.65. The van der Waals surface area contributed by atoms with E-state index in [1.54, 1.807) is 11.3 Å². The number of nitrogens with two attached hydrogens (primary N) is 1. The molecule has 0 aliphatic heterocycles. The van der Waals surface area contributed by atoms with Gasteiger partial charge in [-0.3, -0.25) is 4.68 Å². The summed E-state index contributed by atoms with van der Waals surface area (Å²) in [5.74, 6) is 0. The molecule has 1 unspecified atom stereocenters. The van der Waals surface area contributed by atoms with E-state index >= 15 is 0 Å². The van der Waals surface area contributed by atoms with E-state index in [0.29, 0.717) is 0 Å². The topological polar surface area (TPSA) is 43.8 Å². The van der Waals surface area contributed by atoms with E-state index in [0.717, 1.165) is 16.6 Å². The van der Waals surface area contributed by atoms with E-state index in [9.17, 15) is 0 Å². The molecule has 3 nitrogen and oxygen atoms in total. The van der Waals surface area contributed by atoms with Crippen LogP contribution in [-0.4, -0.2) is 9.78 Å². The van der Waals surface area contributed by atoms with Crippen LogP contribution in [0.1, 0.15) is 22.2 Å². The first-order valence-electron chi connectivity index (χ1n) is 5.89. The standard InChI is InChI=1S/C14H15N3S/c1-9-7-8-18-14(9)12(15)13-10-5-3-4-6-11(10)17(2)16-13/h3-8,12H,15H2,1-2H3. The van der Waals surface area contributed by atoms with Crippen molar-refractivity contribution >= 4 is 22.2 Å². The van der Waals surface area contributed by atoms with Gasteiger partial charge in [0.2, 0.25) is 0 Å². The van der Waals surface area contributed by atoms with Crippen molar-refractivity contribution in [2.24, 2.45) is 12.8 Å². The van der Waals surface area contributed by atoms with Gasteiger partial charge in [-0.1, -0.05) is 18.2 Å². The zero-order valence-corrected chi connectivity index (χ0v) is 11.2. The van der Waals surface area contributed by atoms with Gasteiger partial charge in [0.25, 0.3) is 0 Å². The average Bonchev–Trinajstić information content (AvgIpc) is 2.94. The molecule has 0 amide bonds. The summed E-state index contributed by atoms with van der Waals surface area (Å²) in [7, 11) is 1.96. The maximum Gasteiger partial charge on any atom is 0.0924 e. The number of nitrogens with zero attached hydrogens (tertiary/aromatic N) is 2. The van der Waals surface area contributed by atoms with E-state index in [1.807, 2.05) is 23.9 Å². The molecular formula is C14H15N3S. The number of benzene rings is 1. The molecule has 2 heterocycles. The van der Waals surface area contributed by atoms with Gasteiger partial charge < -0.3 is 5.73 Å². The highest BCUT2D eigenvalue weighted by Crippen LogP contribution is 2.30. The molecule has 4 heteroatoms. The summed E-state index contributed by atoms with van der Waals surface area (Å²) in [5, 5.41) is 7.80. The SMILES string of the molecule is Cc1ccsc1C(N)c1nn(C)c2ccccc12. The first-order valence-corrected chi connectivity index (χ1v) is 6.77. The molecule has 92 valence electrons. The third kappa shape index (κ3) is 1.65. The number of thiophene rings is 1. The van der Waals surface area contributed by atoms with Crippen molar-refractivity contribution in [1.82, 2.24) is 9.78 Å². The van der Waals surface area contributed by atoms with Gasteiger partial charge in [0.1, 0.15) is 0 Å². The molecule has 3 rings (SSSR count). The minimum atomic E-state index is -0.143. The summed E-state index contributed by atoms with van der Waals surface area (Å²) < 4.78 is 1.90. The second-order valence-electron chi connectivity index (χ2n) is 4.47. The summed E-state index contributed by atoms with van der Waals surface area (Å²) >= 11 is 1.70. The van der Waals surface area contributed by atoms with Crippen LogP contribution in [0.3, 0.4) is 0 Å². The molecule has 18 heavy (non-hydrogen) atoms. The molecule has 0 aliphatic carbocycles. The Bertz CT molecular complexity index is 696. The molecule has 0 aliphatic rings. The van der Waals surface area contributed by atoms with Crippen LogP contribution < -0.4 is 5.73 Å². The highest BCUT2D eigenvalue weighted by molar-refractivity contribution is 7.10. The first-order chi connectivity index (χ1) is 8.68. The van der Waals surface area contributed by atoms with E-state index in [1.165, 1.54) is 10.4 Å². The fourth-order valence-corrected chi connectivity index (χ4v) is 3.23. The van der Waals surface area contributed by atoms with Gasteiger partial charge >= 0.3 is 0 Å². The van der Waals surface area contributed by atoms with Crippen LogP contribution in [0.5, 0.6) is 0 Å². The van der Waals surface area contributed by atoms with Crippen molar-refractivity contribution in [3.63, 3.8) is 0 Å². The molecule has 2 N–H and O–H groups in total. The zero-order chi connectivity index (χ0) is 12.7. The molecule has 0 saturated carbocycles. The highest BCUT2D eigenvalue weighted by atomic mass is 32.1. The lowest BCUT2D eigenvalue weighted by atomic mass is 10.1. The maximum atomic E-state index is 6.38. The van der Waals surface area contributed by atoms with Crippen LogP contribution in [0.4, 0.5) is 0 Å². The smallest absolute Gasteiger partial charge is 0.0924 e. The Morgan fingerprint density at radius 1 is 1.28 bits per heavy atom. The summed E-state index contributed by atoms with van der Waals surface area (Å²) in [5.41, 5.74) is 9.69. The van der Waals surface area contributed by atoms with Gasteiger partial charge in [-0.25, -0.2) is 0 Å². The van der Waals surface area contributed by atoms with Crippen LogP contribution in [0.15, 0.2) is 35.7 Å². The van der Waals surface area contributed by atoms with Crippen molar-refractivity contribution in [1.29, 1.82) is 0 Å². The van der Waals surface area contributed by atoms with Crippen LogP contribution in [-0.2, 0) is 7.05 Å². The molecule has 0 fully saturated rings. The number of rotatable bonds is 2. The highest BCUT2D eigenvalue weighted by Gasteiger charge is 2.19. The third-order valence-corrected chi connectivity index (χ3v) is 4.37. The fraction of sp³-hybridized carbons (Fsp3) is 0.214. The summed E-state index contributed by atoms with van der Waals surface area (Å²) in [4.78, 5) is 1.19. The first kappa shape index (κ1) is 11.4. The molecule has 1 aromatic carbocycles.